The van der Waals surface area contributed by atoms with E-state index in [2.05, 4.69) is 19.9 Å². The molecule has 2 aromatic rings. The highest BCUT2D eigenvalue weighted by Crippen LogP contribution is 2.33. The summed E-state index contributed by atoms with van der Waals surface area (Å²) >= 11 is 0. The van der Waals surface area contributed by atoms with E-state index < -0.39 is 0 Å². The van der Waals surface area contributed by atoms with Crippen LogP contribution in [0.15, 0.2) is 12.4 Å². The van der Waals surface area contributed by atoms with Crippen LogP contribution < -0.4 is 15.4 Å². The third-order valence-electron chi connectivity index (χ3n) is 4.00. The Morgan fingerprint density at radius 1 is 1.04 bits per heavy atom. The molecule has 1 fully saturated rings. The van der Waals surface area contributed by atoms with E-state index in [4.69, 9.17) is 20.2 Å². The van der Waals surface area contributed by atoms with Gasteiger partial charge in [-0.15, -0.1) is 0 Å². The van der Waals surface area contributed by atoms with Gasteiger partial charge in [0.25, 0.3) is 0 Å². The quantitative estimate of drug-likeness (QED) is 0.879. The first-order valence-corrected chi connectivity index (χ1v) is 8.75. The summed E-state index contributed by atoms with van der Waals surface area (Å²) in [6.45, 7) is 7.74. The van der Waals surface area contributed by atoms with Crippen LogP contribution in [0.3, 0.4) is 0 Å². The highest BCUT2D eigenvalue weighted by atomic mass is 16.5. The maximum atomic E-state index is 5.77. The van der Waals surface area contributed by atoms with Crippen LogP contribution in [0, 0.1) is 0 Å². The predicted molar refractivity (Wildman–Crippen MR) is 95.7 cm³/mol. The standard InChI is InChI=1S/C15H18N6O2.C2H6/c16-15-17-8-10(9-18-15)12-19-13(21-3-6-22-7-4-21)11-2-1-5-23-14(11)20-12;1-2/h8-9H,1-7H2,(H2,16,17,18);1-2H3. The molecule has 2 N–H and O–H groups in total. The Kier molecular flexibility index (Phi) is 5.60. The molecule has 2 aliphatic rings. The van der Waals surface area contributed by atoms with Crippen LogP contribution >= 0.6 is 0 Å². The summed E-state index contributed by atoms with van der Waals surface area (Å²) in [6.07, 6.45) is 5.19. The van der Waals surface area contributed by atoms with Crippen molar-refractivity contribution in [2.45, 2.75) is 26.7 Å². The first-order valence-electron chi connectivity index (χ1n) is 8.75. The van der Waals surface area contributed by atoms with Crippen molar-refractivity contribution in [3.8, 4) is 17.3 Å². The molecule has 0 amide bonds. The molecule has 2 aliphatic heterocycles. The van der Waals surface area contributed by atoms with E-state index in [0.717, 1.165) is 42.9 Å². The highest BCUT2D eigenvalue weighted by Gasteiger charge is 2.24. The van der Waals surface area contributed by atoms with E-state index >= 15 is 0 Å². The van der Waals surface area contributed by atoms with Gasteiger partial charge in [0, 0.05) is 25.5 Å². The molecule has 0 unspecified atom stereocenters. The molecule has 4 heterocycles. The van der Waals surface area contributed by atoms with E-state index in [9.17, 15) is 0 Å². The summed E-state index contributed by atoms with van der Waals surface area (Å²) in [5, 5.41) is 0. The summed E-state index contributed by atoms with van der Waals surface area (Å²) < 4.78 is 11.2. The lowest BCUT2D eigenvalue weighted by molar-refractivity contribution is 0.122. The lowest BCUT2D eigenvalue weighted by atomic mass is 10.1. The van der Waals surface area contributed by atoms with Crippen molar-refractivity contribution in [2.24, 2.45) is 0 Å². The first kappa shape index (κ1) is 17.3. The Morgan fingerprint density at radius 2 is 1.76 bits per heavy atom. The van der Waals surface area contributed by atoms with Gasteiger partial charge in [-0.25, -0.2) is 15.0 Å². The normalized spacial score (nSPS) is 16.3. The van der Waals surface area contributed by atoms with Gasteiger partial charge in [0.05, 0.1) is 30.9 Å². The number of ether oxygens (including phenoxy) is 2. The number of morpholine rings is 1. The SMILES string of the molecule is CC.Nc1ncc(-c2nc3c(c(N4CCOCC4)n2)CCCO3)cn1. The van der Waals surface area contributed by atoms with Gasteiger partial charge in [-0.05, 0) is 12.8 Å². The molecule has 4 rings (SSSR count). The number of rotatable bonds is 2. The van der Waals surface area contributed by atoms with Gasteiger partial charge in [0.1, 0.15) is 5.82 Å². The minimum Gasteiger partial charge on any atom is -0.477 e. The van der Waals surface area contributed by atoms with Crippen LogP contribution in [0.5, 0.6) is 5.88 Å². The zero-order valence-electron chi connectivity index (χ0n) is 14.7. The maximum absolute atomic E-state index is 5.77. The molecule has 0 saturated carbocycles. The fraction of sp³-hybridized carbons (Fsp3) is 0.529. The van der Waals surface area contributed by atoms with Crippen LogP contribution in [-0.2, 0) is 11.2 Å². The van der Waals surface area contributed by atoms with E-state index in [-0.39, 0.29) is 5.95 Å². The molecule has 0 aromatic carbocycles. The van der Waals surface area contributed by atoms with Gasteiger partial charge in [0.15, 0.2) is 5.82 Å². The molecule has 2 aromatic heterocycles. The number of aromatic nitrogens is 4. The average Bonchev–Trinajstić information content (AvgIpc) is 2.70. The number of hydrogen-bond acceptors (Lipinski definition) is 8. The number of fused-ring (bicyclic) bond motifs is 1. The second-order valence-electron chi connectivity index (χ2n) is 5.54. The fourth-order valence-corrected chi connectivity index (χ4v) is 2.83. The molecule has 25 heavy (non-hydrogen) atoms. The zero-order chi connectivity index (χ0) is 17.6. The predicted octanol–water partition coefficient (Wildman–Crippen LogP) is 1.70. The van der Waals surface area contributed by atoms with Gasteiger partial charge in [-0.1, -0.05) is 13.8 Å². The monoisotopic (exact) mass is 344 g/mol. The molecule has 0 atom stereocenters. The van der Waals surface area contributed by atoms with Gasteiger partial charge < -0.3 is 20.1 Å². The molecule has 0 radical (unpaired) electrons. The number of nitrogens with zero attached hydrogens (tertiary/aromatic N) is 5. The molecule has 0 aliphatic carbocycles. The Balaban J connectivity index is 0.000000880. The third kappa shape index (κ3) is 3.79. The molecular formula is C17H24N6O2. The molecule has 8 nitrogen and oxygen atoms in total. The second-order valence-corrected chi connectivity index (χ2v) is 5.54. The van der Waals surface area contributed by atoms with Crippen LogP contribution in [0.25, 0.3) is 11.4 Å². The topological polar surface area (TPSA) is 99.3 Å². The molecule has 1 saturated heterocycles. The minimum absolute atomic E-state index is 0.233. The Hall–Kier alpha value is -2.48. The lowest BCUT2D eigenvalue weighted by Gasteiger charge is -2.31. The fourth-order valence-electron chi connectivity index (χ4n) is 2.83. The molecule has 134 valence electrons. The Bertz CT molecular complexity index is 701. The third-order valence-corrected chi connectivity index (χ3v) is 4.00. The van der Waals surface area contributed by atoms with Crippen LogP contribution in [0.2, 0.25) is 0 Å². The summed E-state index contributed by atoms with van der Waals surface area (Å²) in [6, 6.07) is 0. The number of hydrogen-bond donors (Lipinski definition) is 1. The van der Waals surface area contributed by atoms with Gasteiger partial charge in [-0.2, -0.15) is 4.98 Å². The van der Waals surface area contributed by atoms with Crippen molar-refractivity contribution in [3.63, 3.8) is 0 Å². The van der Waals surface area contributed by atoms with E-state index in [1.165, 1.54) is 0 Å². The minimum atomic E-state index is 0.233. The highest BCUT2D eigenvalue weighted by molar-refractivity contribution is 5.61. The molecule has 0 bridgehead atoms. The summed E-state index contributed by atoms with van der Waals surface area (Å²) in [5.74, 6) is 2.40. The van der Waals surface area contributed by atoms with Crippen molar-refractivity contribution in [2.75, 3.05) is 43.5 Å². The summed E-state index contributed by atoms with van der Waals surface area (Å²) in [7, 11) is 0. The lowest BCUT2D eigenvalue weighted by Crippen LogP contribution is -2.38. The molecular weight excluding hydrogens is 320 g/mol. The van der Waals surface area contributed by atoms with E-state index in [1.54, 1.807) is 12.4 Å². The van der Waals surface area contributed by atoms with Crippen molar-refractivity contribution < 1.29 is 9.47 Å². The van der Waals surface area contributed by atoms with Crippen LogP contribution in [-0.4, -0.2) is 52.8 Å². The summed E-state index contributed by atoms with van der Waals surface area (Å²) in [4.78, 5) is 19.6. The molecule has 8 heteroatoms. The van der Waals surface area contributed by atoms with Gasteiger partial charge >= 0.3 is 0 Å². The van der Waals surface area contributed by atoms with Gasteiger partial charge in [-0.3, -0.25) is 0 Å². The number of nitrogen functional groups attached to an aromatic ring is 1. The van der Waals surface area contributed by atoms with Crippen molar-refractivity contribution in [1.82, 2.24) is 19.9 Å². The number of nitrogens with two attached hydrogens (primary N) is 1. The largest absolute Gasteiger partial charge is 0.477 e. The molecule has 0 spiro atoms. The van der Waals surface area contributed by atoms with E-state index in [0.29, 0.717) is 31.5 Å². The van der Waals surface area contributed by atoms with E-state index in [1.807, 2.05) is 13.8 Å². The smallest absolute Gasteiger partial charge is 0.222 e. The Morgan fingerprint density at radius 3 is 2.48 bits per heavy atom. The number of anilines is 2. The van der Waals surface area contributed by atoms with Crippen LogP contribution in [0.1, 0.15) is 25.8 Å². The zero-order valence-corrected chi connectivity index (χ0v) is 14.7. The first-order chi connectivity index (χ1) is 12.3. The van der Waals surface area contributed by atoms with Crippen molar-refractivity contribution in [3.05, 3.63) is 18.0 Å². The second kappa shape index (κ2) is 8.06. The van der Waals surface area contributed by atoms with Crippen molar-refractivity contribution >= 4 is 11.8 Å². The maximum Gasteiger partial charge on any atom is 0.222 e. The van der Waals surface area contributed by atoms with Crippen LogP contribution in [0.4, 0.5) is 11.8 Å². The Labute approximate surface area is 147 Å². The van der Waals surface area contributed by atoms with Gasteiger partial charge in [0.2, 0.25) is 11.8 Å². The average molecular weight is 344 g/mol. The van der Waals surface area contributed by atoms with Crippen molar-refractivity contribution in [1.29, 1.82) is 0 Å². The summed E-state index contributed by atoms with van der Waals surface area (Å²) in [5.41, 5.74) is 7.36.